The van der Waals surface area contributed by atoms with Crippen LogP contribution in [0.3, 0.4) is 0 Å². The zero-order chi connectivity index (χ0) is 28.7. The summed E-state index contributed by atoms with van der Waals surface area (Å²) in [5.41, 5.74) is 0. The Hall–Kier alpha value is -1.06. The van der Waals surface area contributed by atoms with Crippen LogP contribution in [0.15, 0.2) is 0 Å². The van der Waals surface area contributed by atoms with E-state index < -0.39 is 0 Å². The highest BCUT2D eigenvalue weighted by Crippen LogP contribution is 2.14. The number of carbonyl (C=O) groups is 2. The number of carbonyl (C=O) groups excluding carboxylic acids is 2. The number of amides is 2. The third-order valence-electron chi connectivity index (χ3n) is 8.09. The van der Waals surface area contributed by atoms with Gasteiger partial charge < -0.3 is 10.6 Å². The highest BCUT2D eigenvalue weighted by atomic mass is 16.2. The summed E-state index contributed by atoms with van der Waals surface area (Å²) in [6, 6.07) is 0. The standard InChI is InChI=1S/C35H70N2O2/c1-4-7-9-11-13-15-17-19-21-23-25-27-29-31-34(38)36-33(6-3)37-35(39)32-30-28-26-24-22-20-18-16-14-12-10-8-5-2/h33H,4-32H2,1-3H3,(H,36,38)(H,37,39). The van der Waals surface area contributed by atoms with Gasteiger partial charge in [-0.15, -0.1) is 0 Å². The molecular formula is C35H70N2O2. The second-order valence-corrected chi connectivity index (χ2v) is 12.1. The minimum atomic E-state index is -0.228. The fraction of sp³-hybridized carbons (Fsp3) is 0.943. The Morgan fingerprint density at radius 2 is 0.615 bits per heavy atom. The van der Waals surface area contributed by atoms with Crippen molar-refractivity contribution < 1.29 is 9.59 Å². The van der Waals surface area contributed by atoms with Crippen molar-refractivity contribution in [2.24, 2.45) is 0 Å². The molecule has 0 aliphatic rings. The third-order valence-corrected chi connectivity index (χ3v) is 8.09. The smallest absolute Gasteiger partial charge is 0.221 e. The minimum Gasteiger partial charge on any atom is -0.336 e. The van der Waals surface area contributed by atoms with Gasteiger partial charge in [-0.1, -0.05) is 175 Å². The molecule has 0 bridgehead atoms. The van der Waals surface area contributed by atoms with E-state index in [1.807, 2.05) is 6.92 Å². The minimum absolute atomic E-state index is 0.0752. The fourth-order valence-corrected chi connectivity index (χ4v) is 5.38. The highest BCUT2D eigenvalue weighted by molar-refractivity contribution is 5.79. The van der Waals surface area contributed by atoms with Gasteiger partial charge in [0.1, 0.15) is 6.17 Å². The molecule has 0 atom stereocenters. The van der Waals surface area contributed by atoms with Crippen molar-refractivity contribution in [3.8, 4) is 0 Å². The molecular weight excluding hydrogens is 480 g/mol. The molecule has 0 aromatic rings. The topological polar surface area (TPSA) is 58.2 Å². The van der Waals surface area contributed by atoms with Crippen LogP contribution < -0.4 is 10.6 Å². The van der Waals surface area contributed by atoms with E-state index in [4.69, 9.17) is 0 Å². The van der Waals surface area contributed by atoms with Crippen molar-refractivity contribution in [1.29, 1.82) is 0 Å². The van der Waals surface area contributed by atoms with Gasteiger partial charge >= 0.3 is 0 Å². The molecule has 0 aromatic carbocycles. The molecule has 0 rings (SSSR count). The van der Waals surface area contributed by atoms with E-state index in [9.17, 15) is 9.59 Å². The molecule has 0 fully saturated rings. The van der Waals surface area contributed by atoms with Crippen molar-refractivity contribution >= 4 is 11.8 Å². The van der Waals surface area contributed by atoms with Gasteiger partial charge in [-0.25, -0.2) is 0 Å². The van der Waals surface area contributed by atoms with Crippen LogP contribution in [0.1, 0.15) is 207 Å². The van der Waals surface area contributed by atoms with Crippen molar-refractivity contribution in [2.75, 3.05) is 0 Å². The first kappa shape index (κ1) is 37.9. The maximum Gasteiger partial charge on any atom is 0.221 e. The van der Waals surface area contributed by atoms with Crippen LogP contribution in [-0.2, 0) is 9.59 Å². The Balaban J connectivity index is 3.54. The molecule has 4 heteroatoms. The predicted molar refractivity (Wildman–Crippen MR) is 171 cm³/mol. The monoisotopic (exact) mass is 551 g/mol. The van der Waals surface area contributed by atoms with Gasteiger partial charge in [0.25, 0.3) is 0 Å². The predicted octanol–water partition coefficient (Wildman–Crippen LogP) is 10.9. The van der Waals surface area contributed by atoms with Gasteiger partial charge in [0, 0.05) is 12.8 Å². The lowest BCUT2D eigenvalue weighted by Gasteiger charge is -2.18. The van der Waals surface area contributed by atoms with Crippen LogP contribution in [0, 0.1) is 0 Å². The SMILES string of the molecule is CCCCCCCCCCCCCCCC(=O)NC(CC)NC(=O)CCCCCCCCCCCCCCC. The summed E-state index contributed by atoms with van der Waals surface area (Å²) in [6.07, 6.45) is 35.8. The summed E-state index contributed by atoms with van der Waals surface area (Å²) in [5.74, 6) is 0.150. The maximum atomic E-state index is 12.3. The normalized spacial score (nSPS) is 11.3. The van der Waals surface area contributed by atoms with Gasteiger partial charge in [-0.2, -0.15) is 0 Å². The van der Waals surface area contributed by atoms with E-state index in [1.165, 1.54) is 141 Å². The summed E-state index contributed by atoms with van der Waals surface area (Å²) in [7, 11) is 0. The molecule has 232 valence electrons. The van der Waals surface area contributed by atoms with Crippen molar-refractivity contribution in [3.63, 3.8) is 0 Å². The number of hydrogen-bond acceptors (Lipinski definition) is 2. The number of rotatable bonds is 31. The molecule has 0 radical (unpaired) electrons. The Labute approximate surface area is 245 Å². The lowest BCUT2D eigenvalue weighted by molar-refractivity contribution is -0.124. The van der Waals surface area contributed by atoms with Gasteiger partial charge in [0.15, 0.2) is 0 Å². The lowest BCUT2D eigenvalue weighted by Crippen LogP contribution is -2.47. The van der Waals surface area contributed by atoms with Crippen molar-refractivity contribution in [1.82, 2.24) is 10.6 Å². The largest absolute Gasteiger partial charge is 0.336 e. The second kappa shape index (κ2) is 31.5. The summed E-state index contributed by atoms with van der Waals surface area (Å²) in [4.78, 5) is 24.6. The number of unbranched alkanes of at least 4 members (excludes halogenated alkanes) is 24. The van der Waals surface area contributed by atoms with Crippen molar-refractivity contribution in [2.45, 2.75) is 213 Å². The average Bonchev–Trinajstić information content (AvgIpc) is 2.93. The number of nitrogens with one attached hydrogen (secondary N) is 2. The molecule has 0 saturated carbocycles. The molecule has 0 aromatic heterocycles. The quantitative estimate of drug-likeness (QED) is 0.0666. The zero-order valence-electron chi connectivity index (χ0n) is 26.9. The molecule has 0 unspecified atom stereocenters. The zero-order valence-corrected chi connectivity index (χ0v) is 26.9. The molecule has 2 amide bonds. The van der Waals surface area contributed by atoms with Crippen LogP contribution in [-0.4, -0.2) is 18.0 Å². The molecule has 4 nitrogen and oxygen atoms in total. The van der Waals surface area contributed by atoms with Crippen LogP contribution in [0.5, 0.6) is 0 Å². The van der Waals surface area contributed by atoms with Crippen LogP contribution in [0.25, 0.3) is 0 Å². The summed E-state index contributed by atoms with van der Waals surface area (Å²) in [6.45, 7) is 6.56. The highest BCUT2D eigenvalue weighted by Gasteiger charge is 2.12. The lowest BCUT2D eigenvalue weighted by atomic mass is 10.0. The van der Waals surface area contributed by atoms with E-state index >= 15 is 0 Å². The van der Waals surface area contributed by atoms with E-state index in [1.54, 1.807) is 0 Å². The first-order valence-electron chi connectivity index (χ1n) is 17.7. The first-order chi connectivity index (χ1) is 19.1. The first-order valence-corrected chi connectivity index (χ1v) is 17.7. The van der Waals surface area contributed by atoms with Crippen molar-refractivity contribution in [3.05, 3.63) is 0 Å². The van der Waals surface area contributed by atoms with E-state index in [0.717, 1.165) is 32.1 Å². The summed E-state index contributed by atoms with van der Waals surface area (Å²) >= 11 is 0. The van der Waals surface area contributed by atoms with Crippen LogP contribution in [0.4, 0.5) is 0 Å². The summed E-state index contributed by atoms with van der Waals surface area (Å²) < 4.78 is 0. The molecule has 0 aliphatic heterocycles. The molecule has 2 N–H and O–H groups in total. The van der Waals surface area contributed by atoms with Crippen LogP contribution >= 0.6 is 0 Å². The van der Waals surface area contributed by atoms with Gasteiger partial charge in [0.05, 0.1) is 0 Å². The van der Waals surface area contributed by atoms with E-state index in [-0.39, 0.29) is 18.0 Å². The Morgan fingerprint density at radius 3 is 0.846 bits per heavy atom. The molecule has 0 spiro atoms. The Bertz CT molecular complexity index is 479. The van der Waals surface area contributed by atoms with Gasteiger partial charge in [0.2, 0.25) is 11.8 Å². The Morgan fingerprint density at radius 1 is 0.385 bits per heavy atom. The van der Waals surface area contributed by atoms with Gasteiger partial charge in [-0.05, 0) is 19.3 Å². The number of hydrogen-bond donors (Lipinski definition) is 2. The Kier molecular flexibility index (Phi) is 30.6. The molecule has 39 heavy (non-hydrogen) atoms. The molecule has 0 saturated heterocycles. The van der Waals surface area contributed by atoms with Gasteiger partial charge in [-0.3, -0.25) is 9.59 Å². The molecule has 0 aliphatic carbocycles. The van der Waals surface area contributed by atoms with E-state index in [2.05, 4.69) is 24.5 Å². The van der Waals surface area contributed by atoms with Crippen LogP contribution in [0.2, 0.25) is 0 Å². The fourth-order valence-electron chi connectivity index (χ4n) is 5.38. The maximum absolute atomic E-state index is 12.3. The second-order valence-electron chi connectivity index (χ2n) is 12.1. The summed E-state index contributed by atoms with van der Waals surface area (Å²) in [5, 5.41) is 6.04. The van der Waals surface area contributed by atoms with E-state index in [0.29, 0.717) is 12.8 Å². The third kappa shape index (κ3) is 29.7. The average molecular weight is 551 g/mol. The molecule has 0 heterocycles.